The minimum absolute atomic E-state index is 0.0684. The van der Waals surface area contributed by atoms with Gasteiger partial charge in [0.05, 0.1) is 28.5 Å². The molecule has 0 spiro atoms. The zero-order chi connectivity index (χ0) is 26.3. The van der Waals surface area contributed by atoms with Crippen LogP contribution in [0, 0.1) is 18.6 Å². The molecule has 0 atom stereocenters. The topological polar surface area (TPSA) is 59.3 Å². The van der Waals surface area contributed by atoms with Gasteiger partial charge in [0.1, 0.15) is 11.5 Å². The molecular weight excluding hydrogens is 491 g/mol. The fraction of sp³-hybridized carbons (Fsp3) is 0.0741. The van der Waals surface area contributed by atoms with Gasteiger partial charge in [-0.05, 0) is 55.5 Å². The molecule has 0 saturated carbocycles. The lowest BCUT2D eigenvalue weighted by Crippen LogP contribution is -2.21. The van der Waals surface area contributed by atoms with Crippen molar-refractivity contribution >= 4 is 17.1 Å². The lowest BCUT2D eigenvalue weighted by atomic mass is 10.1. The van der Waals surface area contributed by atoms with Crippen LogP contribution in [0.25, 0.3) is 28.2 Å². The van der Waals surface area contributed by atoms with Gasteiger partial charge in [-0.3, -0.25) is 9.20 Å². The Bertz CT molecular complexity index is 1640. The van der Waals surface area contributed by atoms with E-state index in [1.165, 1.54) is 22.7 Å². The number of benzene rings is 2. The van der Waals surface area contributed by atoms with Gasteiger partial charge in [-0.25, -0.2) is 18.7 Å². The number of carbonyl (C=O) groups excluding carboxylic acids is 1. The number of hydrogen-bond acceptors (Lipinski definition) is 3. The second-order valence-corrected chi connectivity index (χ2v) is 8.27. The molecule has 3 aromatic heterocycles. The summed E-state index contributed by atoms with van der Waals surface area (Å²) >= 11 is 0. The van der Waals surface area contributed by atoms with Crippen molar-refractivity contribution in [3.8, 4) is 22.6 Å². The average molecular weight is 508 g/mol. The molecule has 0 radical (unpaired) electrons. The van der Waals surface area contributed by atoms with Crippen LogP contribution in [0.2, 0.25) is 0 Å². The van der Waals surface area contributed by atoms with Gasteiger partial charge in [0.25, 0.3) is 5.91 Å². The Kier molecular flexibility index (Phi) is 5.94. The van der Waals surface area contributed by atoms with Gasteiger partial charge >= 0.3 is 6.18 Å². The number of anilines is 1. The van der Waals surface area contributed by atoms with Crippen molar-refractivity contribution in [3.63, 3.8) is 0 Å². The molecule has 5 aromatic rings. The molecule has 0 saturated heterocycles. The number of imidazole rings is 1. The van der Waals surface area contributed by atoms with E-state index in [1.54, 1.807) is 42.6 Å². The number of aryl methyl sites for hydroxylation is 1. The SMILES string of the molecule is Cc1ccc(NC(=O)c2nc(-c3cccn4c(-c5cccc(F)c5F)ncc34)ccc2C(F)(F)F)cc1. The molecule has 1 N–H and O–H groups in total. The molecule has 186 valence electrons. The highest BCUT2D eigenvalue weighted by Gasteiger charge is 2.36. The van der Waals surface area contributed by atoms with E-state index in [-0.39, 0.29) is 17.1 Å². The van der Waals surface area contributed by atoms with Gasteiger partial charge in [0.2, 0.25) is 0 Å². The third-order valence-electron chi connectivity index (χ3n) is 5.76. The van der Waals surface area contributed by atoms with Crippen LogP contribution in [0.4, 0.5) is 27.6 Å². The van der Waals surface area contributed by atoms with Crippen LogP contribution in [0.5, 0.6) is 0 Å². The monoisotopic (exact) mass is 508 g/mol. The second kappa shape index (κ2) is 9.12. The number of amides is 1. The summed E-state index contributed by atoms with van der Waals surface area (Å²) in [6, 6.07) is 15.3. The summed E-state index contributed by atoms with van der Waals surface area (Å²) in [4.78, 5) is 21.2. The number of halogens is 5. The molecule has 5 nitrogen and oxygen atoms in total. The van der Waals surface area contributed by atoms with Crippen LogP contribution < -0.4 is 5.32 Å². The Morgan fingerprint density at radius 2 is 1.65 bits per heavy atom. The molecule has 0 unspecified atom stereocenters. The maximum atomic E-state index is 14.4. The summed E-state index contributed by atoms with van der Waals surface area (Å²) in [6.45, 7) is 1.84. The summed E-state index contributed by atoms with van der Waals surface area (Å²) in [5.41, 5.74) is -0.0626. The number of alkyl halides is 3. The Hall–Kier alpha value is -4.60. The highest BCUT2D eigenvalue weighted by molar-refractivity contribution is 6.04. The number of hydrogen-bond donors (Lipinski definition) is 1. The number of carbonyl (C=O) groups is 1. The first-order valence-corrected chi connectivity index (χ1v) is 11.0. The zero-order valence-electron chi connectivity index (χ0n) is 19.1. The molecule has 5 rings (SSSR count). The van der Waals surface area contributed by atoms with Gasteiger partial charge in [-0.1, -0.05) is 23.8 Å². The maximum Gasteiger partial charge on any atom is 0.418 e. The third-order valence-corrected chi connectivity index (χ3v) is 5.76. The molecule has 2 aromatic carbocycles. The summed E-state index contributed by atoms with van der Waals surface area (Å²) in [5.74, 6) is -3.05. The first kappa shape index (κ1) is 24.1. The van der Waals surface area contributed by atoms with E-state index in [4.69, 9.17) is 0 Å². The molecule has 1 amide bonds. The number of nitrogens with zero attached hydrogens (tertiary/aromatic N) is 3. The van der Waals surface area contributed by atoms with Crippen molar-refractivity contribution in [1.82, 2.24) is 14.4 Å². The molecule has 10 heteroatoms. The van der Waals surface area contributed by atoms with Gasteiger partial charge in [0, 0.05) is 17.4 Å². The molecule has 0 aliphatic rings. The van der Waals surface area contributed by atoms with E-state index in [1.807, 2.05) is 6.92 Å². The summed E-state index contributed by atoms with van der Waals surface area (Å²) < 4.78 is 70.9. The second-order valence-electron chi connectivity index (χ2n) is 8.27. The minimum Gasteiger partial charge on any atom is -0.321 e. The van der Waals surface area contributed by atoms with Crippen molar-refractivity contribution < 1.29 is 26.7 Å². The van der Waals surface area contributed by atoms with E-state index in [0.717, 1.165) is 23.8 Å². The van der Waals surface area contributed by atoms with Crippen molar-refractivity contribution in [2.24, 2.45) is 0 Å². The summed E-state index contributed by atoms with van der Waals surface area (Å²) in [6.07, 6.45) is -1.89. The lowest BCUT2D eigenvalue weighted by molar-refractivity contribution is -0.138. The summed E-state index contributed by atoms with van der Waals surface area (Å²) in [5, 5.41) is 2.45. The number of rotatable bonds is 4. The highest BCUT2D eigenvalue weighted by atomic mass is 19.4. The smallest absolute Gasteiger partial charge is 0.321 e. The number of aromatic nitrogens is 3. The third kappa shape index (κ3) is 4.53. The van der Waals surface area contributed by atoms with E-state index >= 15 is 0 Å². The van der Waals surface area contributed by atoms with Crippen molar-refractivity contribution in [2.75, 3.05) is 5.32 Å². The Morgan fingerprint density at radius 3 is 2.38 bits per heavy atom. The lowest BCUT2D eigenvalue weighted by Gasteiger charge is -2.14. The number of fused-ring (bicyclic) bond motifs is 1. The standard InChI is InChI=1S/C27H17F5N4O/c1-15-7-9-16(10-8-15)34-26(37)24-19(27(30,31)32)11-12-21(35-24)17-5-3-13-36-22(17)14-33-25(36)18-4-2-6-20(28)23(18)29/h2-14H,1H3,(H,34,37). The van der Waals surface area contributed by atoms with E-state index in [2.05, 4.69) is 15.3 Å². The molecule has 0 fully saturated rings. The normalized spacial score (nSPS) is 11.6. The molecular formula is C27H17F5N4O. The van der Waals surface area contributed by atoms with E-state index in [0.29, 0.717) is 16.8 Å². The zero-order valence-corrected chi connectivity index (χ0v) is 19.1. The fourth-order valence-corrected chi connectivity index (χ4v) is 3.95. The summed E-state index contributed by atoms with van der Waals surface area (Å²) in [7, 11) is 0. The Labute approximate surface area is 207 Å². The van der Waals surface area contributed by atoms with Crippen LogP contribution in [0.15, 0.2) is 79.1 Å². The first-order valence-electron chi connectivity index (χ1n) is 11.0. The predicted octanol–water partition coefficient (Wildman–Crippen LogP) is 6.92. The van der Waals surface area contributed by atoms with Crippen molar-refractivity contribution in [3.05, 3.63) is 108 Å². The van der Waals surface area contributed by atoms with Gasteiger partial charge < -0.3 is 5.32 Å². The minimum atomic E-state index is -4.82. The van der Waals surface area contributed by atoms with Crippen LogP contribution >= 0.6 is 0 Å². The Morgan fingerprint density at radius 1 is 0.919 bits per heavy atom. The van der Waals surface area contributed by atoms with Crippen LogP contribution in [-0.4, -0.2) is 20.3 Å². The number of pyridine rings is 2. The first-order chi connectivity index (χ1) is 17.6. The average Bonchev–Trinajstić information content (AvgIpc) is 3.30. The van der Waals surface area contributed by atoms with Gasteiger partial charge in [0.15, 0.2) is 11.6 Å². The predicted molar refractivity (Wildman–Crippen MR) is 128 cm³/mol. The number of nitrogens with one attached hydrogen (secondary N) is 1. The molecule has 0 aliphatic heterocycles. The van der Waals surface area contributed by atoms with E-state index < -0.39 is 35.0 Å². The van der Waals surface area contributed by atoms with Gasteiger partial charge in [-0.2, -0.15) is 13.2 Å². The Balaban J connectivity index is 1.61. The molecule has 3 heterocycles. The highest BCUT2D eigenvalue weighted by Crippen LogP contribution is 2.35. The molecule has 0 bridgehead atoms. The van der Waals surface area contributed by atoms with E-state index in [9.17, 15) is 26.7 Å². The van der Waals surface area contributed by atoms with Crippen LogP contribution in [-0.2, 0) is 6.18 Å². The fourth-order valence-electron chi connectivity index (χ4n) is 3.95. The molecule has 37 heavy (non-hydrogen) atoms. The maximum absolute atomic E-state index is 14.4. The van der Waals surface area contributed by atoms with Crippen molar-refractivity contribution in [1.29, 1.82) is 0 Å². The largest absolute Gasteiger partial charge is 0.418 e. The quantitative estimate of drug-likeness (QED) is 0.268. The van der Waals surface area contributed by atoms with Crippen LogP contribution in [0.1, 0.15) is 21.6 Å². The molecule has 0 aliphatic carbocycles. The van der Waals surface area contributed by atoms with Crippen molar-refractivity contribution in [2.45, 2.75) is 13.1 Å². The van der Waals surface area contributed by atoms with Crippen LogP contribution in [0.3, 0.4) is 0 Å². The van der Waals surface area contributed by atoms with Gasteiger partial charge in [-0.15, -0.1) is 0 Å².